The van der Waals surface area contributed by atoms with Gasteiger partial charge in [-0.05, 0) is 25.5 Å². The summed E-state index contributed by atoms with van der Waals surface area (Å²) >= 11 is 6.18. The molecule has 0 bridgehead atoms. The van der Waals surface area contributed by atoms with E-state index in [4.69, 9.17) is 11.6 Å². The molecule has 0 amide bonds. The third-order valence-corrected chi connectivity index (χ3v) is 3.36. The standard InChI is InChI=1S/C15H19ClN4/c1-4-7-13-19-14(17-3)10(2)15(20-13)18-12-9-6-5-8-11(12)16/h5-6,8-9H,4,7H2,1-3H3,(H2,17,18,19,20). The van der Waals surface area contributed by atoms with Gasteiger partial charge in [-0.25, -0.2) is 9.97 Å². The van der Waals surface area contributed by atoms with Gasteiger partial charge < -0.3 is 10.6 Å². The summed E-state index contributed by atoms with van der Waals surface area (Å²) in [7, 11) is 1.87. The number of anilines is 3. The Morgan fingerprint density at radius 3 is 2.50 bits per heavy atom. The highest BCUT2D eigenvalue weighted by Gasteiger charge is 2.11. The molecule has 0 aliphatic heterocycles. The fourth-order valence-corrected chi connectivity index (χ4v) is 2.14. The monoisotopic (exact) mass is 290 g/mol. The van der Waals surface area contributed by atoms with Crippen molar-refractivity contribution < 1.29 is 0 Å². The van der Waals surface area contributed by atoms with Crippen molar-refractivity contribution >= 4 is 28.9 Å². The van der Waals surface area contributed by atoms with Gasteiger partial charge >= 0.3 is 0 Å². The maximum Gasteiger partial charge on any atom is 0.139 e. The van der Waals surface area contributed by atoms with Crippen molar-refractivity contribution in [3.63, 3.8) is 0 Å². The van der Waals surface area contributed by atoms with Gasteiger partial charge in [0.2, 0.25) is 0 Å². The second-order valence-corrected chi connectivity index (χ2v) is 4.97. The van der Waals surface area contributed by atoms with Crippen LogP contribution >= 0.6 is 11.6 Å². The third-order valence-electron chi connectivity index (χ3n) is 3.03. The first-order chi connectivity index (χ1) is 9.65. The number of benzene rings is 1. The Morgan fingerprint density at radius 1 is 1.15 bits per heavy atom. The molecular formula is C15H19ClN4. The van der Waals surface area contributed by atoms with Gasteiger partial charge in [0.15, 0.2) is 0 Å². The molecule has 0 saturated carbocycles. The fraction of sp³-hybridized carbons (Fsp3) is 0.333. The van der Waals surface area contributed by atoms with Crippen LogP contribution in [0, 0.1) is 6.92 Å². The Kier molecular flexibility index (Phi) is 4.79. The van der Waals surface area contributed by atoms with Crippen LogP contribution in [0.25, 0.3) is 0 Å². The molecule has 0 aliphatic rings. The highest BCUT2D eigenvalue weighted by Crippen LogP contribution is 2.27. The quantitative estimate of drug-likeness (QED) is 0.867. The molecular weight excluding hydrogens is 272 g/mol. The van der Waals surface area contributed by atoms with Crippen LogP contribution in [0.2, 0.25) is 5.02 Å². The average Bonchev–Trinajstić information content (AvgIpc) is 2.45. The highest BCUT2D eigenvalue weighted by atomic mass is 35.5. The molecule has 2 rings (SSSR count). The van der Waals surface area contributed by atoms with Gasteiger partial charge in [0.05, 0.1) is 10.7 Å². The number of aromatic nitrogens is 2. The maximum absolute atomic E-state index is 6.18. The molecule has 1 aromatic heterocycles. The SMILES string of the molecule is CCCc1nc(NC)c(C)c(Nc2ccccc2Cl)n1. The van der Waals surface area contributed by atoms with E-state index in [0.29, 0.717) is 5.02 Å². The molecule has 0 radical (unpaired) electrons. The summed E-state index contributed by atoms with van der Waals surface area (Å²) < 4.78 is 0. The average molecular weight is 291 g/mol. The van der Waals surface area contributed by atoms with Gasteiger partial charge in [-0.1, -0.05) is 30.7 Å². The number of hydrogen-bond donors (Lipinski definition) is 2. The van der Waals surface area contributed by atoms with Crippen molar-refractivity contribution in [3.8, 4) is 0 Å². The number of rotatable bonds is 5. The van der Waals surface area contributed by atoms with Crippen LogP contribution in [0.15, 0.2) is 24.3 Å². The van der Waals surface area contributed by atoms with Crippen molar-refractivity contribution in [1.82, 2.24) is 9.97 Å². The molecule has 2 aromatic rings. The number of halogens is 1. The van der Waals surface area contributed by atoms with E-state index in [0.717, 1.165) is 41.6 Å². The van der Waals surface area contributed by atoms with E-state index in [1.54, 1.807) is 0 Å². The fourth-order valence-electron chi connectivity index (χ4n) is 1.95. The number of para-hydroxylation sites is 1. The molecule has 1 aromatic carbocycles. The van der Waals surface area contributed by atoms with Crippen LogP contribution in [0.1, 0.15) is 24.7 Å². The second-order valence-electron chi connectivity index (χ2n) is 4.57. The summed E-state index contributed by atoms with van der Waals surface area (Å²) in [5, 5.41) is 7.08. The molecule has 2 N–H and O–H groups in total. The molecule has 5 heteroatoms. The van der Waals surface area contributed by atoms with Gasteiger partial charge in [0, 0.05) is 19.0 Å². The zero-order chi connectivity index (χ0) is 14.5. The molecule has 1 heterocycles. The molecule has 0 fully saturated rings. The minimum atomic E-state index is 0.675. The van der Waals surface area contributed by atoms with E-state index in [1.165, 1.54) is 0 Å². The van der Waals surface area contributed by atoms with Crippen LogP contribution in [-0.4, -0.2) is 17.0 Å². The molecule has 0 saturated heterocycles. The van der Waals surface area contributed by atoms with Crippen LogP contribution in [0.5, 0.6) is 0 Å². The van der Waals surface area contributed by atoms with Gasteiger partial charge in [-0.2, -0.15) is 0 Å². The summed E-state index contributed by atoms with van der Waals surface area (Å²) in [4.78, 5) is 9.10. The first-order valence-corrected chi connectivity index (χ1v) is 7.10. The zero-order valence-corrected chi connectivity index (χ0v) is 12.8. The molecule has 106 valence electrons. The Bertz CT molecular complexity index is 598. The van der Waals surface area contributed by atoms with Crippen molar-refractivity contribution in [2.75, 3.05) is 17.7 Å². The highest BCUT2D eigenvalue weighted by molar-refractivity contribution is 6.33. The molecule has 0 spiro atoms. The number of aryl methyl sites for hydroxylation is 1. The summed E-state index contributed by atoms with van der Waals surface area (Å²) in [5.74, 6) is 2.47. The lowest BCUT2D eigenvalue weighted by atomic mass is 10.2. The smallest absolute Gasteiger partial charge is 0.139 e. The Morgan fingerprint density at radius 2 is 1.85 bits per heavy atom. The van der Waals surface area contributed by atoms with E-state index in [1.807, 2.05) is 38.2 Å². The largest absolute Gasteiger partial charge is 0.373 e. The van der Waals surface area contributed by atoms with Crippen molar-refractivity contribution in [2.24, 2.45) is 0 Å². The van der Waals surface area contributed by atoms with Crippen LogP contribution in [-0.2, 0) is 6.42 Å². The van der Waals surface area contributed by atoms with Crippen LogP contribution < -0.4 is 10.6 Å². The Labute approximate surface area is 124 Å². The van der Waals surface area contributed by atoms with E-state index < -0.39 is 0 Å². The molecule has 0 atom stereocenters. The van der Waals surface area contributed by atoms with E-state index >= 15 is 0 Å². The van der Waals surface area contributed by atoms with Crippen LogP contribution in [0.4, 0.5) is 17.3 Å². The predicted molar refractivity (Wildman–Crippen MR) is 85.0 cm³/mol. The van der Waals surface area contributed by atoms with Gasteiger partial charge in [-0.3, -0.25) is 0 Å². The summed E-state index contributed by atoms with van der Waals surface area (Å²) in [6.45, 7) is 4.10. The lowest BCUT2D eigenvalue weighted by Gasteiger charge is -2.14. The van der Waals surface area contributed by atoms with E-state index in [-0.39, 0.29) is 0 Å². The zero-order valence-electron chi connectivity index (χ0n) is 12.0. The van der Waals surface area contributed by atoms with Gasteiger partial charge in [-0.15, -0.1) is 0 Å². The molecule has 0 aliphatic carbocycles. The first-order valence-electron chi connectivity index (χ1n) is 6.72. The van der Waals surface area contributed by atoms with Crippen molar-refractivity contribution in [3.05, 3.63) is 40.7 Å². The number of hydrogen-bond acceptors (Lipinski definition) is 4. The first kappa shape index (κ1) is 14.6. The predicted octanol–water partition coefficient (Wildman–Crippen LogP) is 4.18. The third kappa shape index (κ3) is 3.20. The Balaban J connectivity index is 2.39. The molecule has 4 nitrogen and oxygen atoms in total. The Hall–Kier alpha value is -1.81. The molecule has 0 unspecified atom stereocenters. The summed E-state index contributed by atoms with van der Waals surface area (Å²) in [6, 6.07) is 7.63. The molecule has 20 heavy (non-hydrogen) atoms. The summed E-state index contributed by atoms with van der Waals surface area (Å²) in [5.41, 5.74) is 1.83. The summed E-state index contributed by atoms with van der Waals surface area (Å²) in [6.07, 6.45) is 1.86. The van der Waals surface area contributed by atoms with Crippen molar-refractivity contribution in [2.45, 2.75) is 26.7 Å². The van der Waals surface area contributed by atoms with Gasteiger partial charge in [0.25, 0.3) is 0 Å². The van der Waals surface area contributed by atoms with E-state index in [2.05, 4.69) is 27.5 Å². The minimum Gasteiger partial charge on any atom is -0.373 e. The lowest BCUT2D eigenvalue weighted by molar-refractivity contribution is 0.835. The normalized spacial score (nSPS) is 10.4. The second kappa shape index (κ2) is 6.57. The number of nitrogens with zero attached hydrogens (tertiary/aromatic N) is 2. The minimum absolute atomic E-state index is 0.675. The van der Waals surface area contributed by atoms with Gasteiger partial charge in [0.1, 0.15) is 17.5 Å². The maximum atomic E-state index is 6.18. The topological polar surface area (TPSA) is 49.8 Å². The number of nitrogens with one attached hydrogen (secondary N) is 2. The van der Waals surface area contributed by atoms with Crippen LogP contribution in [0.3, 0.4) is 0 Å². The van der Waals surface area contributed by atoms with Crippen molar-refractivity contribution in [1.29, 1.82) is 0 Å². The van der Waals surface area contributed by atoms with E-state index in [9.17, 15) is 0 Å². The lowest BCUT2D eigenvalue weighted by Crippen LogP contribution is -2.07.